The van der Waals surface area contributed by atoms with E-state index in [0.717, 1.165) is 37.1 Å². The van der Waals surface area contributed by atoms with Gasteiger partial charge in [0.25, 0.3) is 0 Å². The molecule has 2 rings (SSSR count). The Hall–Kier alpha value is -0.940. The van der Waals surface area contributed by atoms with Crippen LogP contribution in [0.2, 0.25) is 0 Å². The number of nitrogens with two attached hydrogens (primary N) is 1. The molecular weight excluding hydrogens is 248 g/mol. The highest BCUT2D eigenvalue weighted by Gasteiger charge is 2.19. The molecule has 0 aliphatic heterocycles. The first-order chi connectivity index (χ1) is 8.79. The zero-order chi connectivity index (χ0) is 12.8. The molecule has 1 fully saturated rings. The van der Waals surface area contributed by atoms with Crippen LogP contribution in [0.1, 0.15) is 54.0 Å². The van der Waals surface area contributed by atoms with Gasteiger partial charge < -0.3 is 10.5 Å². The van der Waals surface area contributed by atoms with Crippen LogP contribution >= 0.6 is 11.3 Å². The molecule has 0 saturated heterocycles. The molecule has 0 amide bonds. The SMILES string of the molecule is NCCc1nc(C(=O)OC2CCCCCC2)cs1. The highest BCUT2D eigenvalue weighted by molar-refractivity contribution is 7.09. The molecule has 18 heavy (non-hydrogen) atoms. The van der Waals surface area contributed by atoms with E-state index in [1.807, 2.05) is 0 Å². The molecule has 1 aliphatic rings. The molecule has 0 radical (unpaired) electrons. The fourth-order valence-electron chi connectivity index (χ4n) is 2.21. The molecular formula is C13H20N2O2S. The summed E-state index contributed by atoms with van der Waals surface area (Å²) in [5.41, 5.74) is 5.90. The summed E-state index contributed by atoms with van der Waals surface area (Å²) >= 11 is 1.48. The van der Waals surface area contributed by atoms with Gasteiger partial charge in [0, 0.05) is 11.8 Å². The van der Waals surface area contributed by atoms with Crippen LogP contribution in [-0.4, -0.2) is 23.6 Å². The fraction of sp³-hybridized carbons (Fsp3) is 0.692. The molecule has 1 aliphatic carbocycles. The quantitative estimate of drug-likeness (QED) is 0.673. The van der Waals surface area contributed by atoms with E-state index in [1.165, 1.54) is 24.2 Å². The monoisotopic (exact) mass is 268 g/mol. The first kappa shape index (κ1) is 13.5. The average Bonchev–Trinajstić information content (AvgIpc) is 2.67. The van der Waals surface area contributed by atoms with Crippen molar-refractivity contribution in [3.05, 3.63) is 16.1 Å². The van der Waals surface area contributed by atoms with E-state index in [9.17, 15) is 4.79 Å². The second kappa shape index (κ2) is 6.85. The van der Waals surface area contributed by atoms with E-state index < -0.39 is 0 Å². The Morgan fingerprint density at radius 1 is 1.39 bits per heavy atom. The molecule has 4 nitrogen and oxygen atoms in total. The largest absolute Gasteiger partial charge is 0.458 e. The lowest BCUT2D eigenvalue weighted by Crippen LogP contribution is -2.18. The Morgan fingerprint density at radius 2 is 2.11 bits per heavy atom. The van der Waals surface area contributed by atoms with Crippen LogP contribution in [0.5, 0.6) is 0 Å². The summed E-state index contributed by atoms with van der Waals surface area (Å²) < 4.78 is 5.52. The van der Waals surface area contributed by atoms with Gasteiger partial charge in [-0.05, 0) is 32.2 Å². The maximum Gasteiger partial charge on any atom is 0.358 e. The molecule has 0 bridgehead atoms. The highest BCUT2D eigenvalue weighted by Crippen LogP contribution is 2.21. The molecule has 0 spiro atoms. The summed E-state index contributed by atoms with van der Waals surface area (Å²) in [7, 11) is 0. The maximum atomic E-state index is 11.9. The first-order valence-corrected chi connectivity index (χ1v) is 7.53. The van der Waals surface area contributed by atoms with Gasteiger partial charge in [-0.3, -0.25) is 0 Å². The van der Waals surface area contributed by atoms with Gasteiger partial charge in [-0.1, -0.05) is 12.8 Å². The predicted molar refractivity (Wildman–Crippen MR) is 71.8 cm³/mol. The van der Waals surface area contributed by atoms with E-state index in [1.54, 1.807) is 5.38 Å². The molecule has 0 unspecified atom stereocenters. The van der Waals surface area contributed by atoms with Crippen LogP contribution in [0.4, 0.5) is 0 Å². The minimum atomic E-state index is -0.276. The van der Waals surface area contributed by atoms with Crippen molar-refractivity contribution in [3.63, 3.8) is 0 Å². The third-order valence-electron chi connectivity index (χ3n) is 3.19. The van der Waals surface area contributed by atoms with Crippen LogP contribution < -0.4 is 5.73 Å². The van der Waals surface area contributed by atoms with Crippen LogP contribution in [0.3, 0.4) is 0 Å². The number of rotatable bonds is 4. The molecule has 5 heteroatoms. The van der Waals surface area contributed by atoms with E-state index in [4.69, 9.17) is 10.5 Å². The minimum absolute atomic E-state index is 0.0830. The number of nitrogens with zero attached hydrogens (tertiary/aromatic N) is 1. The summed E-state index contributed by atoms with van der Waals surface area (Å²) in [6, 6.07) is 0. The molecule has 2 N–H and O–H groups in total. The third kappa shape index (κ3) is 3.78. The van der Waals surface area contributed by atoms with Gasteiger partial charge >= 0.3 is 5.97 Å². The molecule has 1 saturated carbocycles. The van der Waals surface area contributed by atoms with Crippen molar-refractivity contribution in [1.82, 2.24) is 4.98 Å². The number of esters is 1. The van der Waals surface area contributed by atoms with Crippen molar-refractivity contribution >= 4 is 17.3 Å². The third-order valence-corrected chi connectivity index (χ3v) is 4.10. The lowest BCUT2D eigenvalue weighted by molar-refractivity contribution is 0.0261. The normalized spacial score (nSPS) is 17.4. The molecule has 100 valence electrons. The molecule has 1 aromatic heterocycles. The predicted octanol–water partition coefficient (Wildman–Crippen LogP) is 2.52. The number of carbonyl (C=O) groups is 1. The Morgan fingerprint density at radius 3 is 2.78 bits per heavy atom. The van der Waals surface area contributed by atoms with Crippen molar-refractivity contribution in [2.75, 3.05) is 6.54 Å². The lowest BCUT2D eigenvalue weighted by Gasteiger charge is -2.14. The molecule has 0 atom stereocenters. The number of hydrogen-bond donors (Lipinski definition) is 1. The van der Waals surface area contributed by atoms with E-state index in [-0.39, 0.29) is 12.1 Å². The highest BCUT2D eigenvalue weighted by atomic mass is 32.1. The molecule has 0 aromatic carbocycles. The standard InChI is InChI=1S/C13H20N2O2S/c14-8-7-12-15-11(9-18-12)13(16)17-10-5-3-1-2-4-6-10/h9-10H,1-8,14H2. The zero-order valence-corrected chi connectivity index (χ0v) is 11.4. The van der Waals surface area contributed by atoms with E-state index in [0.29, 0.717) is 12.2 Å². The van der Waals surface area contributed by atoms with E-state index >= 15 is 0 Å². The van der Waals surface area contributed by atoms with Crippen molar-refractivity contribution < 1.29 is 9.53 Å². The van der Waals surface area contributed by atoms with Crippen molar-refractivity contribution in [2.45, 2.75) is 51.0 Å². The lowest BCUT2D eigenvalue weighted by atomic mass is 10.1. The summed E-state index contributed by atoms with van der Waals surface area (Å²) in [5, 5.41) is 2.68. The Labute approximate surface area is 112 Å². The van der Waals surface area contributed by atoms with Gasteiger partial charge in [0.1, 0.15) is 6.10 Å². The van der Waals surface area contributed by atoms with Gasteiger partial charge in [-0.15, -0.1) is 11.3 Å². The van der Waals surface area contributed by atoms with E-state index in [2.05, 4.69) is 4.98 Å². The van der Waals surface area contributed by atoms with Gasteiger partial charge in [-0.2, -0.15) is 0 Å². The topological polar surface area (TPSA) is 65.2 Å². The van der Waals surface area contributed by atoms with Gasteiger partial charge in [-0.25, -0.2) is 9.78 Å². The van der Waals surface area contributed by atoms with Crippen molar-refractivity contribution in [3.8, 4) is 0 Å². The van der Waals surface area contributed by atoms with Crippen LogP contribution in [0.15, 0.2) is 5.38 Å². The summed E-state index contributed by atoms with van der Waals surface area (Å²) in [6.07, 6.45) is 7.62. The second-order valence-corrected chi connectivity index (χ2v) is 5.63. The summed E-state index contributed by atoms with van der Waals surface area (Å²) in [5.74, 6) is -0.276. The number of thiazole rings is 1. The first-order valence-electron chi connectivity index (χ1n) is 6.65. The number of aromatic nitrogens is 1. The van der Waals surface area contributed by atoms with Crippen molar-refractivity contribution in [2.24, 2.45) is 5.73 Å². The number of ether oxygens (including phenoxy) is 1. The zero-order valence-electron chi connectivity index (χ0n) is 10.6. The number of hydrogen-bond acceptors (Lipinski definition) is 5. The smallest absolute Gasteiger partial charge is 0.358 e. The van der Waals surface area contributed by atoms with Crippen LogP contribution in [0, 0.1) is 0 Å². The average molecular weight is 268 g/mol. The van der Waals surface area contributed by atoms with Crippen LogP contribution in [0.25, 0.3) is 0 Å². The molecule has 1 heterocycles. The Bertz CT molecular complexity index is 384. The van der Waals surface area contributed by atoms with Crippen LogP contribution in [-0.2, 0) is 11.2 Å². The van der Waals surface area contributed by atoms with Crippen molar-refractivity contribution in [1.29, 1.82) is 0 Å². The summed E-state index contributed by atoms with van der Waals surface area (Å²) in [4.78, 5) is 16.2. The molecule has 1 aromatic rings. The Balaban J connectivity index is 1.89. The fourth-order valence-corrected chi connectivity index (χ4v) is 3.00. The number of carbonyl (C=O) groups excluding carboxylic acids is 1. The second-order valence-electron chi connectivity index (χ2n) is 4.68. The maximum absolute atomic E-state index is 11.9. The Kier molecular flexibility index (Phi) is 5.13. The van der Waals surface area contributed by atoms with Gasteiger partial charge in [0.05, 0.1) is 5.01 Å². The van der Waals surface area contributed by atoms with Gasteiger partial charge in [0.2, 0.25) is 0 Å². The van der Waals surface area contributed by atoms with Gasteiger partial charge in [0.15, 0.2) is 5.69 Å². The minimum Gasteiger partial charge on any atom is -0.458 e. The summed E-state index contributed by atoms with van der Waals surface area (Å²) in [6.45, 7) is 0.560.